The van der Waals surface area contributed by atoms with E-state index in [2.05, 4.69) is 20.4 Å². The molecule has 4 heterocycles. The minimum absolute atomic E-state index is 0.131. The summed E-state index contributed by atoms with van der Waals surface area (Å²) in [6, 6.07) is 18.9. The van der Waals surface area contributed by atoms with Crippen LogP contribution in [-0.2, 0) is 0 Å². The minimum atomic E-state index is -0.473. The van der Waals surface area contributed by atoms with Crippen molar-refractivity contribution < 1.29 is 13.6 Å². The van der Waals surface area contributed by atoms with E-state index in [0.717, 1.165) is 5.56 Å². The first-order valence-corrected chi connectivity index (χ1v) is 9.33. The van der Waals surface area contributed by atoms with E-state index in [1.54, 1.807) is 30.3 Å². The van der Waals surface area contributed by atoms with Crippen LogP contribution < -0.4 is 10.9 Å². The van der Waals surface area contributed by atoms with Crippen molar-refractivity contribution in [2.75, 3.05) is 5.32 Å². The summed E-state index contributed by atoms with van der Waals surface area (Å²) in [7, 11) is 0. The molecular formula is C22H15N5O4. The monoisotopic (exact) mass is 413 g/mol. The number of amides is 1. The zero-order chi connectivity index (χ0) is 21.2. The van der Waals surface area contributed by atoms with Crippen molar-refractivity contribution in [3.8, 4) is 28.7 Å². The molecule has 0 saturated heterocycles. The SMILES string of the molecule is O=C(Nc1cc(-c2ccco2)nn1-c1nc(-c2ccccc2)cc(=O)[nH]1)c1ccco1. The molecule has 4 aromatic heterocycles. The molecule has 9 heteroatoms. The fraction of sp³-hybridized carbons (Fsp3) is 0. The number of hydrogen-bond acceptors (Lipinski definition) is 6. The maximum absolute atomic E-state index is 12.5. The van der Waals surface area contributed by atoms with E-state index in [-0.39, 0.29) is 23.1 Å². The minimum Gasteiger partial charge on any atom is -0.463 e. The quantitative estimate of drug-likeness (QED) is 0.453. The van der Waals surface area contributed by atoms with Gasteiger partial charge in [0.15, 0.2) is 11.5 Å². The fourth-order valence-electron chi connectivity index (χ4n) is 3.06. The fourth-order valence-corrected chi connectivity index (χ4v) is 3.06. The number of furan rings is 2. The maximum atomic E-state index is 12.5. The van der Waals surface area contributed by atoms with E-state index in [1.807, 2.05) is 30.3 Å². The molecule has 1 aromatic carbocycles. The van der Waals surface area contributed by atoms with Gasteiger partial charge in [0.25, 0.3) is 11.5 Å². The molecule has 0 fully saturated rings. The van der Waals surface area contributed by atoms with Gasteiger partial charge in [-0.25, -0.2) is 4.98 Å². The van der Waals surface area contributed by atoms with Crippen LogP contribution in [0.5, 0.6) is 0 Å². The van der Waals surface area contributed by atoms with E-state index in [0.29, 0.717) is 17.1 Å². The number of carbonyl (C=O) groups is 1. The van der Waals surface area contributed by atoms with Gasteiger partial charge in [0.1, 0.15) is 11.5 Å². The summed E-state index contributed by atoms with van der Waals surface area (Å²) in [4.78, 5) is 32.1. The number of anilines is 1. The lowest BCUT2D eigenvalue weighted by atomic mass is 10.1. The Kier molecular flexibility index (Phi) is 4.53. The third-order valence-corrected chi connectivity index (χ3v) is 4.47. The predicted molar refractivity (Wildman–Crippen MR) is 112 cm³/mol. The number of hydrogen-bond donors (Lipinski definition) is 2. The highest BCUT2D eigenvalue weighted by Gasteiger charge is 2.19. The van der Waals surface area contributed by atoms with Gasteiger partial charge in [-0.15, -0.1) is 0 Å². The second kappa shape index (κ2) is 7.64. The Morgan fingerprint density at radius 1 is 0.935 bits per heavy atom. The number of aromatic nitrogens is 4. The van der Waals surface area contributed by atoms with Gasteiger partial charge in [0, 0.05) is 17.7 Å². The molecule has 0 aliphatic carbocycles. The Morgan fingerprint density at radius 3 is 2.48 bits per heavy atom. The average molecular weight is 413 g/mol. The zero-order valence-corrected chi connectivity index (χ0v) is 16.0. The molecule has 0 spiro atoms. The van der Waals surface area contributed by atoms with Crippen LogP contribution in [0.1, 0.15) is 10.6 Å². The lowest BCUT2D eigenvalue weighted by Crippen LogP contribution is -2.18. The second-order valence-corrected chi connectivity index (χ2v) is 6.56. The van der Waals surface area contributed by atoms with Gasteiger partial charge < -0.3 is 14.2 Å². The van der Waals surface area contributed by atoms with Gasteiger partial charge in [0.2, 0.25) is 5.95 Å². The number of benzene rings is 1. The number of aromatic amines is 1. The van der Waals surface area contributed by atoms with Gasteiger partial charge in [0.05, 0.1) is 18.2 Å². The summed E-state index contributed by atoms with van der Waals surface area (Å²) in [6.45, 7) is 0. The molecule has 31 heavy (non-hydrogen) atoms. The van der Waals surface area contributed by atoms with Crippen LogP contribution in [0.3, 0.4) is 0 Å². The number of rotatable bonds is 5. The first kappa shape index (κ1) is 18.4. The summed E-state index contributed by atoms with van der Waals surface area (Å²) in [6.07, 6.45) is 2.93. The molecule has 152 valence electrons. The molecule has 9 nitrogen and oxygen atoms in total. The molecule has 1 amide bonds. The largest absolute Gasteiger partial charge is 0.463 e. The van der Waals surface area contributed by atoms with Crippen LogP contribution in [0.2, 0.25) is 0 Å². The number of nitrogens with zero attached hydrogens (tertiary/aromatic N) is 3. The van der Waals surface area contributed by atoms with Gasteiger partial charge in [-0.3, -0.25) is 14.6 Å². The van der Waals surface area contributed by atoms with Crippen molar-refractivity contribution in [2.45, 2.75) is 0 Å². The lowest BCUT2D eigenvalue weighted by molar-refractivity contribution is 0.0996. The van der Waals surface area contributed by atoms with Crippen molar-refractivity contribution in [3.63, 3.8) is 0 Å². The van der Waals surface area contributed by atoms with Crippen molar-refractivity contribution in [1.82, 2.24) is 19.7 Å². The van der Waals surface area contributed by atoms with E-state index in [9.17, 15) is 9.59 Å². The molecule has 5 aromatic rings. The average Bonchev–Trinajstić information content (AvgIpc) is 3.55. The molecule has 0 radical (unpaired) electrons. The van der Waals surface area contributed by atoms with Crippen LogP contribution in [-0.4, -0.2) is 25.7 Å². The first-order chi connectivity index (χ1) is 15.2. The summed E-state index contributed by atoms with van der Waals surface area (Å²) < 4.78 is 11.9. The number of H-pyrrole nitrogens is 1. The van der Waals surface area contributed by atoms with Crippen molar-refractivity contribution >= 4 is 11.7 Å². The summed E-state index contributed by atoms with van der Waals surface area (Å²) in [5.74, 6) is 0.569. The Morgan fingerprint density at radius 2 is 1.74 bits per heavy atom. The highest BCUT2D eigenvalue weighted by atomic mass is 16.3. The molecule has 0 unspecified atom stereocenters. The molecule has 2 N–H and O–H groups in total. The summed E-state index contributed by atoms with van der Waals surface area (Å²) in [5, 5.41) is 7.21. The number of nitrogens with one attached hydrogen (secondary N) is 2. The van der Waals surface area contributed by atoms with E-state index >= 15 is 0 Å². The van der Waals surface area contributed by atoms with Crippen molar-refractivity contribution in [2.24, 2.45) is 0 Å². The molecule has 0 bridgehead atoms. The Labute approximate surface area is 175 Å². The van der Waals surface area contributed by atoms with Crippen LogP contribution in [0.4, 0.5) is 5.82 Å². The Balaban J connectivity index is 1.62. The normalized spacial score (nSPS) is 10.8. The van der Waals surface area contributed by atoms with Gasteiger partial charge in [-0.2, -0.15) is 9.78 Å². The Bertz CT molecular complexity index is 1380. The summed E-state index contributed by atoms with van der Waals surface area (Å²) in [5.41, 5.74) is 1.34. The summed E-state index contributed by atoms with van der Waals surface area (Å²) >= 11 is 0. The Hall–Kier alpha value is -4.66. The topological polar surface area (TPSA) is 119 Å². The molecule has 5 rings (SSSR count). The second-order valence-electron chi connectivity index (χ2n) is 6.56. The van der Waals surface area contributed by atoms with Crippen LogP contribution in [0.25, 0.3) is 28.7 Å². The predicted octanol–water partition coefficient (Wildman–Crippen LogP) is 3.73. The van der Waals surface area contributed by atoms with Crippen LogP contribution in [0, 0.1) is 0 Å². The third-order valence-electron chi connectivity index (χ3n) is 4.47. The van der Waals surface area contributed by atoms with E-state index in [1.165, 1.54) is 23.3 Å². The standard InChI is InChI=1S/C22H15N5O4/c28-20-13-15(14-6-2-1-3-7-14)23-22(25-20)27-19(24-21(29)18-9-5-11-31-18)12-16(26-27)17-8-4-10-30-17/h1-13H,(H,24,29)(H,23,25,28). The first-order valence-electron chi connectivity index (χ1n) is 9.33. The van der Waals surface area contributed by atoms with Crippen LogP contribution >= 0.6 is 0 Å². The highest BCUT2D eigenvalue weighted by molar-refractivity contribution is 6.02. The van der Waals surface area contributed by atoms with E-state index in [4.69, 9.17) is 8.83 Å². The highest BCUT2D eigenvalue weighted by Crippen LogP contribution is 2.25. The van der Waals surface area contributed by atoms with Gasteiger partial charge >= 0.3 is 0 Å². The molecular weight excluding hydrogens is 398 g/mol. The molecule has 0 aliphatic heterocycles. The van der Waals surface area contributed by atoms with Gasteiger partial charge in [-0.05, 0) is 24.3 Å². The van der Waals surface area contributed by atoms with Crippen molar-refractivity contribution in [1.29, 1.82) is 0 Å². The maximum Gasteiger partial charge on any atom is 0.292 e. The zero-order valence-electron chi connectivity index (χ0n) is 16.0. The van der Waals surface area contributed by atoms with E-state index < -0.39 is 5.91 Å². The third kappa shape index (κ3) is 3.67. The number of carbonyl (C=O) groups excluding carboxylic acids is 1. The van der Waals surface area contributed by atoms with Gasteiger partial charge in [-0.1, -0.05) is 30.3 Å². The molecule has 0 aliphatic rings. The molecule has 0 atom stereocenters. The smallest absolute Gasteiger partial charge is 0.292 e. The lowest BCUT2D eigenvalue weighted by Gasteiger charge is -2.08. The van der Waals surface area contributed by atoms with Crippen LogP contribution in [0.15, 0.2) is 92.9 Å². The molecule has 0 saturated carbocycles. The van der Waals surface area contributed by atoms with Crippen molar-refractivity contribution in [3.05, 3.63) is 95.4 Å².